The highest BCUT2D eigenvalue weighted by Gasteiger charge is 2.36. The zero-order valence-electron chi connectivity index (χ0n) is 15.5. The summed E-state index contributed by atoms with van der Waals surface area (Å²) in [6.45, 7) is 9.06. The van der Waals surface area contributed by atoms with Crippen LogP contribution in [0.3, 0.4) is 0 Å². The number of amides is 2. The van der Waals surface area contributed by atoms with Crippen LogP contribution in [0.1, 0.15) is 41.5 Å². The van der Waals surface area contributed by atoms with Crippen molar-refractivity contribution in [2.45, 2.75) is 52.7 Å². The second-order valence-electron chi connectivity index (χ2n) is 7.50. The minimum Gasteiger partial charge on any atom is -0.443 e. The molecule has 10 heteroatoms. The molecule has 0 unspecified atom stereocenters. The van der Waals surface area contributed by atoms with Gasteiger partial charge in [-0.05, 0) is 59.1 Å². The average molecular weight is 373 g/mol. The first kappa shape index (κ1) is 21.8. The van der Waals surface area contributed by atoms with Gasteiger partial charge in [0.2, 0.25) is 0 Å². The van der Waals surface area contributed by atoms with E-state index < -0.39 is 53.3 Å². The summed E-state index contributed by atoms with van der Waals surface area (Å²) in [4.78, 5) is 24.9. The van der Waals surface area contributed by atoms with Gasteiger partial charge in [0.05, 0.1) is 0 Å². The Bertz CT molecular complexity index is 646. The molecule has 7 nitrogen and oxygen atoms in total. The van der Waals surface area contributed by atoms with Gasteiger partial charge < -0.3 is 19.5 Å². The van der Waals surface area contributed by atoms with Crippen LogP contribution in [-0.4, -0.2) is 40.6 Å². The minimum atomic E-state index is -2.13. The van der Waals surface area contributed by atoms with Gasteiger partial charge in [-0.15, -0.1) is 0 Å². The van der Waals surface area contributed by atoms with Gasteiger partial charge in [0.1, 0.15) is 28.5 Å². The Balaban J connectivity index is 3.46. The lowest BCUT2D eigenvalue weighted by molar-refractivity contribution is 0.0427. The van der Waals surface area contributed by atoms with E-state index in [-0.39, 0.29) is 4.90 Å². The normalized spacial score (nSPS) is 11.8. The Morgan fingerprint density at radius 1 is 0.923 bits per heavy atom. The second-order valence-corrected chi connectivity index (χ2v) is 7.50. The molecule has 1 aromatic rings. The van der Waals surface area contributed by atoms with Crippen molar-refractivity contribution >= 4 is 30.5 Å². The van der Waals surface area contributed by atoms with Gasteiger partial charge in [-0.25, -0.2) is 18.4 Å². The lowest BCUT2D eigenvalue weighted by atomic mass is 9.80. The number of hydrogen-bond acceptors (Lipinski definition) is 6. The lowest BCUT2D eigenvalue weighted by Crippen LogP contribution is -2.45. The molecule has 0 radical (unpaired) electrons. The Hall–Kier alpha value is -2.20. The van der Waals surface area contributed by atoms with E-state index >= 15 is 0 Å². The monoisotopic (exact) mass is 373 g/mol. The quantitative estimate of drug-likeness (QED) is 0.773. The predicted octanol–water partition coefficient (Wildman–Crippen LogP) is 2.32. The standard InChI is InChI=1S/C16H22BF2NO6/c1-15(2,3)25-13(21)20(14(22)26-16(4,5)6)12-10(18)7-9(17(23)24)8-11(12)19/h7-8,23-24H,1-6H3. The molecule has 144 valence electrons. The number of ether oxygens (including phenoxy) is 2. The predicted molar refractivity (Wildman–Crippen MR) is 91.1 cm³/mol. The van der Waals surface area contributed by atoms with Crippen molar-refractivity contribution in [3.63, 3.8) is 0 Å². The molecule has 2 N–H and O–H groups in total. The fraction of sp³-hybridized carbons (Fsp3) is 0.500. The molecule has 2 amide bonds. The SMILES string of the molecule is CC(C)(C)OC(=O)N(C(=O)OC(C)(C)C)c1c(F)cc(B(O)O)cc1F. The number of carbonyl (C=O) groups excluding carboxylic acids is 2. The maximum absolute atomic E-state index is 14.4. The largest absolute Gasteiger partial charge is 0.488 e. The Morgan fingerprint density at radius 3 is 1.54 bits per heavy atom. The van der Waals surface area contributed by atoms with E-state index in [1.807, 2.05) is 0 Å². The van der Waals surface area contributed by atoms with Crippen molar-refractivity contribution in [2.24, 2.45) is 0 Å². The first-order valence-electron chi connectivity index (χ1n) is 7.73. The fourth-order valence-corrected chi connectivity index (χ4v) is 1.82. The summed E-state index contributed by atoms with van der Waals surface area (Å²) in [6, 6.07) is 1.18. The third-order valence-corrected chi connectivity index (χ3v) is 2.71. The van der Waals surface area contributed by atoms with Crippen molar-refractivity contribution in [3.8, 4) is 0 Å². The van der Waals surface area contributed by atoms with Gasteiger partial charge in [-0.3, -0.25) is 0 Å². The van der Waals surface area contributed by atoms with Crippen molar-refractivity contribution in [1.29, 1.82) is 0 Å². The van der Waals surface area contributed by atoms with E-state index in [9.17, 15) is 18.4 Å². The van der Waals surface area contributed by atoms with Crippen molar-refractivity contribution in [1.82, 2.24) is 0 Å². The molecule has 0 aliphatic heterocycles. The first-order chi connectivity index (χ1) is 11.6. The van der Waals surface area contributed by atoms with Gasteiger partial charge in [0, 0.05) is 0 Å². The summed E-state index contributed by atoms with van der Waals surface area (Å²) in [5.41, 5.74) is -3.63. The molecular formula is C16H22BF2NO6. The van der Waals surface area contributed by atoms with Crippen LogP contribution >= 0.6 is 0 Å². The molecule has 0 aromatic heterocycles. The summed E-state index contributed by atoms with van der Waals surface area (Å²) >= 11 is 0. The molecule has 0 atom stereocenters. The van der Waals surface area contributed by atoms with Crippen LogP contribution in [0.25, 0.3) is 0 Å². The van der Waals surface area contributed by atoms with E-state index in [1.165, 1.54) is 41.5 Å². The van der Waals surface area contributed by atoms with Crippen molar-refractivity contribution in [3.05, 3.63) is 23.8 Å². The molecule has 0 heterocycles. The average Bonchev–Trinajstić information content (AvgIpc) is 2.37. The lowest BCUT2D eigenvalue weighted by Gasteiger charge is -2.29. The molecule has 0 fully saturated rings. The topological polar surface area (TPSA) is 96.3 Å². The number of hydrogen-bond donors (Lipinski definition) is 2. The molecule has 0 bridgehead atoms. The molecule has 0 aliphatic carbocycles. The summed E-state index contributed by atoms with van der Waals surface area (Å²) in [7, 11) is -2.13. The van der Waals surface area contributed by atoms with Crippen molar-refractivity contribution < 1.29 is 37.9 Å². The van der Waals surface area contributed by atoms with Crippen LogP contribution in [0.4, 0.5) is 24.1 Å². The van der Waals surface area contributed by atoms with Gasteiger partial charge >= 0.3 is 19.3 Å². The first-order valence-corrected chi connectivity index (χ1v) is 7.73. The van der Waals surface area contributed by atoms with Gasteiger partial charge in [-0.2, -0.15) is 4.90 Å². The number of benzene rings is 1. The third kappa shape index (κ3) is 5.96. The van der Waals surface area contributed by atoms with E-state index in [1.54, 1.807) is 0 Å². The number of rotatable bonds is 2. The maximum atomic E-state index is 14.4. The molecule has 0 saturated heterocycles. The molecule has 1 rings (SSSR count). The second kappa shape index (κ2) is 7.59. The number of nitrogens with zero attached hydrogens (tertiary/aromatic N) is 1. The van der Waals surface area contributed by atoms with E-state index in [0.29, 0.717) is 12.1 Å². The van der Waals surface area contributed by atoms with E-state index in [4.69, 9.17) is 19.5 Å². The molecular weight excluding hydrogens is 351 g/mol. The van der Waals surface area contributed by atoms with Crippen molar-refractivity contribution in [2.75, 3.05) is 4.90 Å². The third-order valence-electron chi connectivity index (χ3n) is 2.71. The summed E-state index contributed by atoms with van der Waals surface area (Å²) < 4.78 is 38.8. The van der Waals surface area contributed by atoms with E-state index in [2.05, 4.69) is 0 Å². The maximum Gasteiger partial charge on any atom is 0.488 e. The highest BCUT2D eigenvalue weighted by atomic mass is 19.1. The smallest absolute Gasteiger partial charge is 0.443 e. The van der Waals surface area contributed by atoms with Gasteiger partial charge in [0.15, 0.2) is 0 Å². The van der Waals surface area contributed by atoms with Crippen LogP contribution in [0.2, 0.25) is 0 Å². The Morgan fingerprint density at radius 2 is 1.27 bits per heavy atom. The number of anilines is 1. The number of halogens is 2. The van der Waals surface area contributed by atoms with Crippen LogP contribution in [0.15, 0.2) is 12.1 Å². The molecule has 26 heavy (non-hydrogen) atoms. The minimum absolute atomic E-state index is 0.0920. The van der Waals surface area contributed by atoms with E-state index in [0.717, 1.165) is 0 Å². The van der Waals surface area contributed by atoms with Crippen LogP contribution < -0.4 is 10.4 Å². The highest BCUT2D eigenvalue weighted by molar-refractivity contribution is 6.58. The molecule has 0 saturated carbocycles. The van der Waals surface area contributed by atoms with Gasteiger partial charge in [0.25, 0.3) is 0 Å². The zero-order valence-corrected chi connectivity index (χ0v) is 15.5. The Kier molecular flexibility index (Phi) is 6.37. The zero-order chi connectivity index (χ0) is 20.4. The molecule has 0 aliphatic rings. The Labute approximate surface area is 150 Å². The number of carbonyl (C=O) groups is 2. The van der Waals surface area contributed by atoms with Crippen LogP contribution in [-0.2, 0) is 9.47 Å². The molecule has 1 aromatic carbocycles. The van der Waals surface area contributed by atoms with Crippen LogP contribution in [0.5, 0.6) is 0 Å². The highest BCUT2D eigenvalue weighted by Crippen LogP contribution is 2.27. The summed E-state index contributed by atoms with van der Waals surface area (Å²) in [5.74, 6) is -2.74. The number of imide groups is 1. The summed E-state index contributed by atoms with van der Waals surface area (Å²) in [5, 5.41) is 18.1. The molecule has 0 spiro atoms. The van der Waals surface area contributed by atoms with Crippen LogP contribution in [0, 0.1) is 11.6 Å². The fourth-order valence-electron chi connectivity index (χ4n) is 1.82. The van der Waals surface area contributed by atoms with Gasteiger partial charge in [-0.1, -0.05) is 0 Å². The summed E-state index contributed by atoms with van der Waals surface area (Å²) in [6.07, 6.45) is -2.69.